The molecule has 1 atom stereocenters. The van der Waals surface area contributed by atoms with Gasteiger partial charge in [0.15, 0.2) is 34.5 Å². The maximum atomic E-state index is 12.4. The Balaban J connectivity index is 1.60. The predicted molar refractivity (Wildman–Crippen MR) is 108 cm³/mol. The number of ether oxygens (including phenoxy) is 2. The van der Waals surface area contributed by atoms with E-state index in [4.69, 9.17) is 9.47 Å². The van der Waals surface area contributed by atoms with E-state index in [2.05, 4.69) is 0 Å². The van der Waals surface area contributed by atoms with Crippen molar-refractivity contribution >= 4 is 5.97 Å². The summed E-state index contributed by atoms with van der Waals surface area (Å²) in [7, 11) is 0. The number of aromatic hydroxyl groups is 7. The standard InChI is InChI=1S/C22H18O10/c23-13-7-11(31-22(30)10-5-16(26)21(29)17(27)6-10)8-19-12(13)1-2-18(32-19)9-3-14(24)20(28)15(25)4-9/h3-8,18,23-29H,1-2H2/t18-/m1/s1. The van der Waals surface area contributed by atoms with Crippen LogP contribution < -0.4 is 9.47 Å². The van der Waals surface area contributed by atoms with Gasteiger partial charge in [-0.2, -0.15) is 0 Å². The van der Waals surface area contributed by atoms with Crippen LogP contribution in [0.3, 0.4) is 0 Å². The molecule has 0 fully saturated rings. The van der Waals surface area contributed by atoms with Gasteiger partial charge in [-0.25, -0.2) is 4.79 Å². The summed E-state index contributed by atoms with van der Waals surface area (Å²) >= 11 is 0. The molecule has 0 amide bonds. The van der Waals surface area contributed by atoms with E-state index in [1.54, 1.807) is 0 Å². The summed E-state index contributed by atoms with van der Waals surface area (Å²) in [5.41, 5.74) is 0.609. The number of carbonyl (C=O) groups excluding carboxylic acids is 1. The first-order valence-electron chi connectivity index (χ1n) is 9.38. The van der Waals surface area contributed by atoms with Crippen molar-refractivity contribution in [3.05, 3.63) is 53.1 Å². The van der Waals surface area contributed by atoms with Gasteiger partial charge < -0.3 is 45.2 Å². The maximum Gasteiger partial charge on any atom is 0.343 e. The SMILES string of the molecule is O=C(Oc1cc(O)c2c(c1)O[C@@H](c1cc(O)c(O)c(O)c1)CC2)c1cc(O)c(O)c(O)c1. The van der Waals surface area contributed by atoms with Crippen LogP contribution in [0.15, 0.2) is 36.4 Å². The molecule has 0 unspecified atom stereocenters. The minimum absolute atomic E-state index is 0.0876. The zero-order valence-electron chi connectivity index (χ0n) is 16.3. The van der Waals surface area contributed by atoms with Gasteiger partial charge in [0.05, 0.1) is 5.56 Å². The molecule has 0 bridgehead atoms. The molecule has 0 saturated heterocycles. The zero-order valence-corrected chi connectivity index (χ0v) is 16.3. The third kappa shape index (κ3) is 3.69. The molecular formula is C22H18O10. The number of carbonyl (C=O) groups is 1. The molecule has 1 heterocycles. The van der Waals surface area contributed by atoms with E-state index < -0.39 is 46.6 Å². The topological polar surface area (TPSA) is 177 Å². The number of esters is 1. The number of phenolic OH excluding ortho intramolecular Hbond substituents is 7. The van der Waals surface area contributed by atoms with Crippen molar-refractivity contribution in [3.63, 3.8) is 0 Å². The molecule has 0 spiro atoms. The second-order valence-electron chi connectivity index (χ2n) is 7.22. The molecule has 0 aromatic heterocycles. The quantitative estimate of drug-likeness (QED) is 0.181. The Kier molecular flexibility index (Phi) is 4.97. The molecule has 32 heavy (non-hydrogen) atoms. The molecule has 0 saturated carbocycles. The number of benzene rings is 3. The first kappa shape index (κ1) is 20.8. The molecule has 1 aliphatic heterocycles. The van der Waals surface area contributed by atoms with Gasteiger partial charge in [-0.1, -0.05) is 0 Å². The van der Waals surface area contributed by atoms with Gasteiger partial charge in [-0.05, 0) is 42.7 Å². The number of hydrogen-bond acceptors (Lipinski definition) is 10. The summed E-state index contributed by atoms with van der Waals surface area (Å²) in [4.78, 5) is 12.4. The van der Waals surface area contributed by atoms with Crippen LogP contribution in [0.1, 0.15) is 34.0 Å². The lowest BCUT2D eigenvalue weighted by Crippen LogP contribution is -2.16. The van der Waals surface area contributed by atoms with Crippen LogP contribution in [0, 0.1) is 0 Å². The molecular weight excluding hydrogens is 424 g/mol. The highest BCUT2D eigenvalue weighted by molar-refractivity contribution is 5.92. The molecule has 10 nitrogen and oxygen atoms in total. The minimum Gasteiger partial charge on any atom is -0.507 e. The van der Waals surface area contributed by atoms with E-state index in [0.29, 0.717) is 24.0 Å². The normalized spacial score (nSPS) is 14.9. The van der Waals surface area contributed by atoms with E-state index in [9.17, 15) is 40.5 Å². The molecule has 0 aliphatic carbocycles. The Morgan fingerprint density at radius 1 is 0.781 bits per heavy atom. The summed E-state index contributed by atoms with van der Waals surface area (Å²) in [6, 6.07) is 6.88. The Morgan fingerprint density at radius 2 is 1.34 bits per heavy atom. The van der Waals surface area contributed by atoms with E-state index in [1.807, 2.05) is 0 Å². The Hall–Kier alpha value is -4.47. The highest BCUT2D eigenvalue weighted by Crippen LogP contribution is 2.45. The molecule has 1 aliphatic rings. The fraction of sp³-hybridized carbons (Fsp3) is 0.136. The lowest BCUT2D eigenvalue weighted by atomic mass is 9.96. The van der Waals surface area contributed by atoms with Gasteiger partial charge in [0.25, 0.3) is 0 Å². The zero-order chi connectivity index (χ0) is 23.2. The summed E-state index contributed by atoms with van der Waals surface area (Å²) in [5, 5.41) is 67.9. The average molecular weight is 442 g/mol. The van der Waals surface area contributed by atoms with Crippen LogP contribution >= 0.6 is 0 Å². The van der Waals surface area contributed by atoms with Crippen molar-refractivity contribution in [2.24, 2.45) is 0 Å². The van der Waals surface area contributed by atoms with E-state index in [-0.39, 0.29) is 22.8 Å². The fourth-order valence-corrected chi connectivity index (χ4v) is 3.44. The highest BCUT2D eigenvalue weighted by Gasteiger charge is 2.27. The van der Waals surface area contributed by atoms with Crippen LogP contribution in [-0.2, 0) is 6.42 Å². The molecule has 10 heteroatoms. The molecule has 7 N–H and O–H groups in total. The highest BCUT2D eigenvalue weighted by atomic mass is 16.5. The van der Waals surface area contributed by atoms with Gasteiger partial charge in [-0.15, -0.1) is 0 Å². The van der Waals surface area contributed by atoms with Crippen molar-refractivity contribution in [3.8, 4) is 51.7 Å². The van der Waals surface area contributed by atoms with Gasteiger partial charge >= 0.3 is 5.97 Å². The van der Waals surface area contributed by atoms with E-state index in [1.165, 1.54) is 24.3 Å². The average Bonchev–Trinajstić information content (AvgIpc) is 2.74. The number of fused-ring (bicyclic) bond motifs is 1. The van der Waals surface area contributed by atoms with Crippen molar-refractivity contribution in [2.75, 3.05) is 0 Å². The van der Waals surface area contributed by atoms with Crippen LogP contribution in [0.25, 0.3) is 0 Å². The number of hydrogen-bond donors (Lipinski definition) is 7. The van der Waals surface area contributed by atoms with Crippen LogP contribution in [0.4, 0.5) is 0 Å². The largest absolute Gasteiger partial charge is 0.507 e. The Morgan fingerprint density at radius 3 is 1.94 bits per heavy atom. The van der Waals surface area contributed by atoms with Crippen molar-refractivity contribution in [2.45, 2.75) is 18.9 Å². The minimum atomic E-state index is -0.976. The van der Waals surface area contributed by atoms with Crippen molar-refractivity contribution in [1.29, 1.82) is 0 Å². The summed E-state index contributed by atoms with van der Waals surface area (Å²) < 4.78 is 11.1. The first-order chi connectivity index (χ1) is 15.1. The number of phenols is 7. The third-order valence-corrected chi connectivity index (χ3v) is 5.06. The van der Waals surface area contributed by atoms with E-state index in [0.717, 1.165) is 12.1 Å². The van der Waals surface area contributed by atoms with Crippen LogP contribution in [-0.4, -0.2) is 41.7 Å². The van der Waals surface area contributed by atoms with Crippen LogP contribution in [0.2, 0.25) is 0 Å². The van der Waals surface area contributed by atoms with E-state index >= 15 is 0 Å². The number of rotatable bonds is 3. The second-order valence-corrected chi connectivity index (χ2v) is 7.22. The molecule has 3 aromatic carbocycles. The monoisotopic (exact) mass is 442 g/mol. The lowest BCUT2D eigenvalue weighted by molar-refractivity contribution is 0.0732. The summed E-state index contributed by atoms with van der Waals surface area (Å²) in [6.07, 6.45) is 0.147. The van der Waals surface area contributed by atoms with Gasteiger partial charge in [0, 0.05) is 17.7 Å². The maximum absolute atomic E-state index is 12.4. The van der Waals surface area contributed by atoms with Gasteiger partial charge in [-0.3, -0.25) is 0 Å². The summed E-state index contributed by atoms with van der Waals surface area (Å²) in [5.74, 6) is -4.92. The predicted octanol–water partition coefficient (Wildman–Crippen LogP) is 2.91. The Labute approximate surface area is 180 Å². The Bertz CT molecular complexity index is 1190. The summed E-state index contributed by atoms with van der Waals surface area (Å²) in [6.45, 7) is 0. The first-order valence-corrected chi connectivity index (χ1v) is 9.38. The molecule has 3 aromatic rings. The second kappa shape index (κ2) is 7.65. The lowest BCUT2D eigenvalue weighted by Gasteiger charge is -2.27. The molecule has 166 valence electrons. The van der Waals surface area contributed by atoms with Gasteiger partial charge in [0.1, 0.15) is 23.4 Å². The smallest absolute Gasteiger partial charge is 0.343 e. The fourth-order valence-electron chi connectivity index (χ4n) is 3.44. The van der Waals surface area contributed by atoms with Gasteiger partial charge in [0.2, 0.25) is 0 Å². The van der Waals surface area contributed by atoms with Crippen molar-refractivity contribution in [1.82, 2.24) is 0 Å². The van der Waals surface area contributed by atoms with Crippen LogP contribution in [0.5, 0.6) is 51.7 Å². The van der Waals surface area contributed by atoms with Crippen molar-refractivity contribution < 1.29 is 50.0 Å². The molecule has 0 radical (unpaired) electrons. The third-order valence-electron chi connectivity index (χ3n) is 5.06. The molecule has 4 rings (SSSR count).